The van der Waals surface area contributed by atoms with Gasteiger partial charge in [-0.1, -0.05) is 0 Å². The Morgan fingerprint density at radius 1 is 1.40 bits per heavy atom. The first kappa shape index (κ1) is 9.71. The molecule has 0 unspecified atom stereocenters. The van der Waals surface area contributed by atoms with Crippen molar-refractivity contribution < 1.29 is 0 Å². The van der Waals surface area contributed by atoms with Crippen molar-refractivity contribution in [3.8, 4) is 0 Å². The van der Waals surface area contributed by atoms with Crippen molar-refractivity contribution in [3.05, 3.63) is 42.0 Å². The molecule has 15 heavy (non-hydrogen) atoms. The minimum Gasteiger partial charge on any atom is -0.352 e. The molecule has 0 saturated carbocycles. The van der Waals surface area contributed by atoms with E-state index >= 15 is 0 Å². The molecule has 0 bridgehead atoms. The van der Waals surface area contributed by atoms with Crippen molar-refractivity contribution in [1.82, 2.24) is 14.5 Å². The number of hydrogen-bond donors (Lipinski definition) is 1. The Morgan fingerprint density at radius 3 is 2.93 bits per heavy atom. The maximum absolute atomic E-state index is 4.19. The summed E-state index contributed by atoms with van der Waals surface area (Å²) in [4.78, 5) is 8.29. The number of hydrogen-bond acceptors (Lipinski definition) is 3. The van der Waals surface area contributed by atoms with Crippen LogP contribution in [0.3, 0.4) is 0 Å². The van der Waals surface area contributed by atoms with Crippen LogP contribution in [-0.4, -0.2) is 14.5 Å². The summed E-state index contributed by atoms with van der Waals surface area (Å²) in [6, 6.07) is 2.01. The quantitative estimate of drug-likeness (QED) is 0.824. The van der Waals surface area contributed by atoms with Gasteiger partial charge in [-0.3, -0.25) is 4.98 Å². The summed E-state index contributed by atoms with van der Waals surface area (Å²) in [5, 5.41) is 3.26. The molecule has 78 valence electrons. The molecule has 4 heteroatoms. The standard InChI is InChI=1S/C11H14N4/c1-9-3-4-12-7-10(9)8-14-11-13-5-6-15(11)2/h3-7H,8H2,1-2H3,(H,13,14). The average molecular weight is 202 g/mol. The third-order valence-corrected chi connectivity index (χ3v) is 2.41. The van der Waals surface area contributed by atoms with Gasteiger partial charge in [-0.2, -0.15) is 0 Å². The van der Waals surface area contributed by atoms with Gasteiger partial charge in [0.25, 0.3) is 0 Å². The van der Waals surface area contributed by atoms with Crippen LogP contribution in [0.4, 0.5) is 5.95 Å². The van der Waals surface area contributed by atoms with Gasteiger partial charge in [-0.05, 0) is 24.1 Å². The Hall–Kier alpha value is -1.84. The molecule has 0 spiro atoms. The van der Waals surface area contributed by atoms with Crippen molar-refractivity contribution in [2.75, 3.05) is 5.32 Å². The van der Waals surface area contributed by atoms with E-state index in [0.717, 1.165) is 12.5 Å². The Labute approximate surface area is 89.0 Å². The molecule has 0 aliphatic heterocycles. The van der Waals surface area contributed by atoms with Crippen LogP contribution >= 0.6 is 0 Å². The molecular weight excluding hydrogens is 188 g/mol. The Bertz CT molecular complexity index is 447. The highest BCUT2D eigenvalue weighted by atomic mass is 15.2. The van der Waals surface area contributed by atoms with Crippen LogP contribution in [0.25, 0.3) is 0 Å². The van der Waals surface area contributed by atoms with E-state index in [-0.39, 0.29) is 0 Å². The van der Waals surface area contributed by atoms with E-state index in [9.17, 15) is 0 Å². The second-order valence-electron chi connectivity index (χ2n) is 3.52. The number of pyridine rings is 1. The predicted octanol–water partition coefficient (Wildman–Crippen LogP) is 1.74. The lowest BCUT2D eigenvalue weighted by molar-refractivity contribution is 0.897. The molecule has 0 amide bonds. The number of nitrogens with one attached hydrogen (secondary N) is 1. The van der Waals surface area contributed by atoms with Gasteiger partial charge in [0.1, 0.15) is 0 Å². The fourth-order valence-electron chi connectivity index (χ4n) is 1.39. The first-order chi connectivity index (χ1) is 7.27. The molecule has 4 nitrogen and oxygen atoms in total. The third kappa shape index (κ3) is 2.15. The maximum atomic E-state index is 4.19. The van der Waals surface area contributed by atoms with Crippen molar-refractivity contribution >= 4 is 5.95 Å². The molecule has 0 radical (unpaired) electrons. The number of aryl methyl sites for hydroxylation is 2. The van der Waals surface area contributed by atoms with Crippen LogP contribution < -0.4 is 5.32 Å². The summed E-state index contributed by atoms with van der Waals surface area (Å²) in [6.07, 6.45) is 7.38. The van der Waals surface area contributed by atoms with Gasteiger partial charge < -0.3 is 9.88 Å². The summed E-state index contributed by atoms with van der Waals surface area (Å²) < 4.78 is 1.95. The molecular formula is C11H14N4. The fourth-order valence-corrected chi connectivity index (χ4v) is 1.39. The van der Waals surface area contributed by atoms with Crippen molar-refractivity contribution in [3.63, 3.8) is 0 Å². The molecule has 0 aliphatic rings. The van der Waals surface area contributed by atoms with Crippen LogP contribution in [0.1, 0.15) is 11.1 Å². The fraction of sp³-hybridized carbons (Fsp3) is 0.273. The number of imidazole rings is 1. The first-order valence-corrected chi connectivity index (χ1v) is 4.88. The van der Waals surface area contributed by atoms with Crippen LogP contribution in [0.5, 0.6) is 0 Å². The highest BCUT2D eigenvalue weighted by Crippen LogP contribution is 2.08. The zero-order chi connectivity index (χ0) is 10.7. The minimum atomic E-state index is 0.754. The van der Waals surface area contributed by atoms with Gasteiger partial charge in [0.2, 0.25) is 5.95 Å². The first-order valence-electron chi connectivity index (χ1n) is 4.88. The van der Waals surface area contributed by atoms with E-state index in [1.54, 1.807) is 12.4 Å². The monoisotopic (exact) mass is 202 g/mol. The SMILES string of the molecule is Cc1ccncc1CNc1nccn1C. The normalized spacial score (nSPS) is 10.3. The lowest BCUT2D eigenvalue weighted by atomic mass is 10.2. The average Bonchev–Trinajstić information content (AvgIpc) is 2.63. The summed E-state index contributed by atoms with van der Waals surface area (Å²) in [5.41, 5.74) is 2.44. The van der Waals surface area contributed by atoms with Gasteiger partial charge in [0, 0.05) is 38.4 Å². The van der Waals surface area contributed by atoms with Gasteiger partial charge in [0.15, 0.2) is 0 Å². The number of anilines is 1. The smallest absolute Gasteiger partial charge is 0.202 e. The maximum Gasteiger partial charge on any atom is 0.202 e. The molecule has 0 aliphatic carbocycles. The van der Waals surface area contributed by atoms with E-state index in [0.29, 0.717) is 0 Å². The topological polar surface area (TPSA) is 42.7 Å². The largest absolute Gasteiger partial charge is 0.352 e. The van der Waals surface area contributed by atoms with Crippen molar-refractivity contribution in [2.45, 2.75) is 13.5 Å². The molecule has 0 aromatic carbocycles. The van der Waals surface area contributed by atoms with E-state index in [1.165, 1.54) is 11.1 Å². The predicted molar refractivity (Wildman–Crippen MR) is 59.5 cm³/mol. The summed E-state index contributed by atoms with van der Waals surface area (Å²) >= 11 is 0. The van der Waals surface area contributed by atoms with E-state index in [4.69, 9.17) is 0 Å². The van der Waals surface area contributed by atoms with E-state index in [2.05, 4.69) is 22.2 Å². The highest BCUT2D eigenvalue weighted by molar-refractivity contribution is 5.30. The molecule has 2 aromatic heterocycles. The Morgan fingerprint density at radius 2 is 2.27 bits per heavy atom. The van der Waals surface area contributed by atoms with Crippen LogP contribution in [0, 0.1) is 6.92 Å². The zero-order valence-corrected chi connectivity index (χ0v) is 8.94. The minimum absolute atomic E-state index is 0.754. The van der Waals surface area contributed by atoms with E-state index in [1.807, 2.05) is 30.1 Å². The Kier molecular flexibility index (Phi) is 2.67. The zero-order valence-electron chi connectivity index (χ0n) is 8.94. The molecule has 0 saturated heterocycles. The second kappa shape index (κ2) is 4.13. The Balaban J connectivity index is 2.06. The van der Waals surface area contributed by atoms with Gasteiger partial charge in [0.05, 0.1) is 0 Å². The summed E-state index contributed by atoms with van der Waals surface area (Å²) in [5.74, 6) is 0.873. The molecule has 1 N–H and O–H groups in total. The molecule has 2 aromatic rings. The number of rotatable bonds is 3. The third-order valence-electron chi connectivity index (χ3n) is 2.41. The lowest BCUT2D eigenvalue weighted by Crippen LogP contribution is -2.06. The van der Waals surface area contributed by atoms with E-state index < -0.39 is 0 Å². The highest BCUT2D eigenvalue weighted by Gasteiger charge is 2.00. The van der Waals surface area contributed by atoms with Gasteiger partial charge >= 0.3 is 0 Å². The number of nitrogens with zero attached hydrogens (tertiary/aromatic N) is 3. The van der Waals surface area contributed by atoms with Crippen molar-refractivity contribution in [1.29, 1.82) is 0 Å². The second-order valence-corrected chi connectivity index (χ2v) is 3.52. The van der Waals surface area contributed by atoms with Gasteiger partial charge in [-0.25, -0.2) is 4.98 Å². The molecule has 2 rings (SSSR count). The molecule has 2 heterocycles. The number of aromatic nitrogens is 3. The molecule has 0 atom stereocenters. The van der Waals surface area contributed by atoms with Crippen LogP contribution in [0.15, 0.2) is 30.9 Å². The lowest BCUT2D eigenvalue weighted by Gasteiger charge is -2.07. The van der Waals surface area contributed by atoms with Crippen LogP contribution in [-0.2, 0) is 13.6 Å². The van der Waals surface area contributed by atoms with Crippen LogP contribution in [0.2, 0.25) is 0 Å². The summed E-state index contributed by atoms with van der Waals surface area (Å²) in [7, 11) is 1.96. The van der Waals surface area contributed by atoms with Gasteiger partial charge in [-0.15, -0.1) is 0 Å². The molecule has 0 fully saturated rings. The van der Waals surface area contributed by atoms with Crippen molar-refractivity contribution in [2.24, 2.45) is 7.05 Å². The summed E-state index contributed by atoms with van der Waals surface area (Å²) in [6.45, 7) is 2.83.